The van der Waals surface area contributed by atoms with Crippen LogP contribution >= 0.6 is 0 Å². The van der Waals surface area contributed by atoms with Crippen LogP contribution in [0.3, 0.4) is 0 Å². The summed E-state index contributed by atoms with van der Waals surface area (Å²) in [5.74, 6) is -2.96. The molecular formula is C14H22ClN3O7. The van der Waals surface area contributed by atoms with Gasteiger partial charge in [0.1, 0.15) is 5.76 Å². The zero-order valence-electron chi connectivity index (χ0n) is 13.7. The van der Waals surface area contributed by atoms with Gasteiger partial charge in [-0.2, -0.15) is 0 Å². The number of fused-ring (bicyclic) bond motifs is 1. The van der Waals surface area contributed by atoms with Crippen molar-refractivity contribution in [1.82, 2.24) is 5.32 Å². The highest BCUT2D eigenvalue weighted by Crippen LogP contribution is 2.41. The summed E-state index contributed by atoms with van der Waals surface area (Å²) in [7, 11) is 0. The van der Waals surface area contributed by atoms with E-state index >= 15 is 0 Å². The molecule has 142 valence electrons. The summed E-state index contributed by atoms with van der Waals surface area (Å²) in [6.07, 6.45) is -2.15. The van der Waals surface area contributed by atoms with E-state index in [1.807, 2.05) is 0 Å². The van der Waals surface area contributed by atoms with Crippen molar-refractivity contribution in [3.8, 4) is 0 Å². The molecule has 1 saturated heterocycles. The normalized spacial score (nSPS) is 36.3. The predicted molar refractivity (Wildman–Crippen MR) is 78.8 cm³/mol. The highest BCUT2D eigenvalue weighted by molar-refractivity contribution is 5.95. The highest BCUT2D eigenvalue weighted by Gasteiger charge is 2.56. The average Bonchev–Trinajstić information content (AvgIpc) is 2.47. The molecule has 1 fully saturated rings. The average molecular weight is 380 g/mol. The van der Waals surface area contributed by atoms with Crippen LogP contribution in [0.5, 0.6) is 0 Å². The summed E-state index contributed by atoms with van der Waals surface area (Å²) in [5.41, 5.74) is 1.79. The lowest BCUT2D eigenvalue weighted by Gasteiger charge is -2.47. The maximum absolute atomic E-state index is 12.2. The molecular weight excluding hydrogens is 358 g/mol. The summed E-state index contributed by atoms with van der Waals surface area (Å²) in [5, 5.41) is 44.6. The van der Waals surface area contributed by atoms with Crippen molar-refractivity contribution in [2.24, 2.45) is 11.1 Å². The number of carbonyl (C=O) groups excluding carboxylic acids is 2. The van der Waals surface area contributed by atoms with Crippen molar-refractivity contribution in [2.75, 3.05) is 0 Å². The first-order valence-corrected chi connectivity index (χ1v) is 7.46. The second-order valence-corrected chi connectivity index (χ2v) is 6.35. The molecule has 2 aliphatic rings. The summed E-state index contributed by atoms with van der Waals surface area (Å²) >= 11 is 0. The molecule has 2 rings (SSSR count). The molecule has 0 spiro atoms. The van der Waals surface area contributed by atoms with Gasteiger partial charge in [0.25, 0.3) is 5.91 Å². The van der Waals surface area contributed by atoms with Crippen LogP contribution < -0.4 is 23.5 Å². The zero-order valence-corrected chi connectivity index (χ0v) is 14.5. The number of cyclic esters (lactones) is 1. The molecule has 11 heteroatoms. The molecule has 0 aromatic rings. The van der Waals surface area contributed by atoms with E-state index in [9.17, 15) is 24.9 Å². The van der Waals surface area contributed by atoms with Gasteiger partial charge in [-0.1, -0.05) is 5.16 Å². The fourth-order valence-electron chi connectivity index (χ4n) is 3.07. The van der Waals surface area contributed by atoms with Gasteiger partial charge in [-0.25, -0.2) is 4.79 Å². The third kappa shape index (κ3) is 3.71. The van der Waals surface area contributed by atoms with E-state index in [2.05, 4.69) is 16.2 Å². The standard InChI is InChI=1S/C14H21N3O7.ClH/c1-5(15)12(21)17-11-9-8(6(18)3-7(19)10(9)20)13(22)24-14(11,2)4-16-23;/h4-5,7,9-11,18-20,23H,3,15H2,1-2H3,(H,17,21);1H/b16-4+;/t5?,7-,9+,10+,11-,14-;/m1./s1. The minimum atomic E-state index is -1.59. The van der Waals surface area contributed by atoms with E-state index in [4.69, 9.17) is 9.94 Å². The van der Waals surface area contributed by atoms with Gasteiger partial charge < -0.3 is 48.7 Å². The Morgan fingerprint density at radius 3 is 2.64 bits per heavy atom. The van der Waals surface area contributed by atoms with E-state index in [1.54, 1.807) is 6.92 Å². The number of oxime groups is 1. The maximum Gasteiger partial charge on any atom is 0.338 e. The minimum Gasteiger partial charge on any atom is -1.00 e. The SMILES string of the molecule is CC([NH3+])C(=O)N[C@@H]1[C@H]2C(=C(O)C[C@@H](O)[C@@H]2O)C(=O)O[C@]1(C)/C=N/O.[Cl-]. The van der Waals surface area contributed by atoms with Gasteiger partial charge >= 0.3 is 5.97 Å². The smallest absolute Gasteiger partial charge is 0.338 e. The largest absolute Gasteiger partial charge is 1.00 e. The molecule has 0 radical (unpaired) electrons. The van der Waals surface area contributed by atoms with Gasteiger partial charge in [0.05, 0.1) is 30.0 Å². The molecule has 0 aromatic heterocycles. The van der Waals surface area contributed by atoms with Crippen LogP contribution in [0.15, 0.2) is 16.5 Å². The molecule has 1 amide bonds. The van der Waals surface area contributed by atoms with Crippen molar-refractivity contribution < 1.29 is 53.0 Å². The fourth-order valence-corrected chi connectivity index (χ4v) is 3.07. The van der Waals surface area contributed by atoms with Crippen LogP contribution in [0.1, 0.15) is 20.3 Å². The molecule has 0 aromatic carbocycles. The number of amides is 1. The number of hydrogen-bond acceptors (Lipinski definition) is 8. The molecule has 1 aliphatic heterocycles. The number of quaternary nitrogens is 1. The van der Waals surface area contributed by atoms with Crippen molar-refractivity contribution >= 4 is 18.1 Å². The predicted octanol–water partition coefficient (Wildman–Crippen LogP) is -5.57. The Balaban J connectivity index is 0.00000312. The Kier molecular flexibility index (Phi) is 6.40. The number of ether oxygens (including phenoxy) is 1. The number of nitrogens with zero attached hydrogens (tertiary/aromatic N) is 1. The van der Waals surface area contributed by atoms with E-state index in [0.717, 1.165) is 6.21 Å². The van der Waals surface area contributed by atoms with Crippen LogP contribution in [0, 0.1) is 5.92 Å². The van der Waals surface area contributed by atoms with Crippen molar-refractivity contribution in [1.29, 1.82) is 0 Å². The van der Waals surface area contributed by atoms with E-state index < -0.39 is 53.4 Å². The molecule has 10 nitrogen and oxygen atoms in total. The molecule has 8 N–H and O–H groups in total. The third-order valence-corrected chi connectivity index (χ3v) is 4.38. The first kappa shape index (κ1) is 21.2. The molecule has 1 unspecified atom stereocenters. The maximum atomic E-state index is 12.2. The summed E-state index contributed by atoms with van der Waals surface area (Å²) in [4.78, 5) is 24.3. The van der Waals surface area contributed by atoms with Crippen molar-refractivity contribution in [3.63, 3.8) is 0 Å². The lowest BCUT2D eigenvalue weighted by molar-refractivity contribution is -0.398. The number of esters is 1. The number of carbonyl (C=O) groups is 2. The monoisotopic (exact) mass is 379 g/mol. The lowest BCUT2D eigenvalue weighted by Crippen LogP contribution is -3.00. The Morgan fingerprint density at radius 2 is 2.12 bits per heavy atom. The number of rotatable bonds is 3. The van der Waals surface area contributed by atoms with Crippen LogP contribution in [0.25, 0.3) is 0 Å². The Bertz CT molecular complexity index is 609. The van der Waals surface area contributed by atoms with Gasteiger partial charge in [-0.3, -0.25) is 4.79 Å². The zero-order chi connectivity index (χ0) is 18.2. The first-order chi connectivity index (χ1) is 11.1. The molecule has 25 heavy (non-hydrogen) atoms. The van der Waals surface area contributed by atoms with E-state index in [1.165, 1.54) is 6.92 Å². The first-order valence-electron chi connectivity index (χ1n) is 7.46. The Hall–Kier alpha value is -1.88. The molecule has 0 bridgehead atoms. The molecule has 6 atom stereocenters. The highest BCUT2D eigenvalue weighted by atomic mass is 35.5. The molecule has 0 saturated carbocycles. The second kappa shape index (κ2) is 7.56. The number of hydrogen-bond donors (Lipinski definition) is 6. The number of nitrogens with one attached hydrogen (secondary N) is 1. The van der Waals surface area contributed by atoms with Crippen molar-refractivity contribution in [2.45, 2.75) is 50.2 Å². The van der Waals surface area contributed by atoms with Crippen LogP contribution in [0.2, 0.25) is 0 Å². The van der Waals surface area contributed by atoms with Gasteiger partial charge in [0.15, 0.2) is 11.6 Å². The van der Waals surface area contributed by atoms with Crippen molar-refractivity contribution in [3.05, 3.63) is 11.3 Å². The summed E-state index contributed by atoms with van der Waals surface area (Å²) in [6, 6.07) is -1.73. The topological polar surface area (TPSA) is 176 Å². The van der Waals surface area contributed by atoms with Crippen LogP contribution in [-0.2, 0) is 14.3 Å². The fraction of sp³-hybridized carbons (Fsp3) is 0.643. The quantitative estimate of drug-likeness (QED) is 0.122. The Labute approximate surface area is 149 Å². The molecule has 1 aliphatic carbocycles. The second-order valence-electron chi connectivity index (χ2n) is 6.35. The van der Waals surface area contributed by atoms with Crippen LogP contribution in [-0.4, -0.2) is 68.5 Å². The van der Waals surface area contributed by atoms with Gasteiger partial charge in [-0.05, 0) is 13.8 Å². The van der Waals surface area contributed by atoms with Gasteiger partial charge in [0, 0.05) is 12.3 Å². The summed E-state index contributed by atoms with van der Waals surface area (Å²) in [6.45, 7) is 2.92. The number of aliphatic hydroxyl groups excluding tert-OH is 3. The van der Waals surface area contributed by atoms with Gasteiger partial charge in [-0.15, -0.1) is 0 Å². The minimum absolute atomic E-state index is 0. The van der Waals surface area contributed by atoms with Gasteiger partial charge in [0.2, 0.25) is 0 Å². The summed E-state index contributed by atoms with van der Waals surface area (Å²) < 4.78 is 5.24. The molecule has 1 heterocycles. The van der Waals surface area contributed by atoms with E-state index in [-0.39, 0.29) is 24.4 Å². The van der Waals surface area contributed by atoms with E-state index in [0.29, 0.717) is 0 Å². The third-order valence-electron chi connectivity index (χ3n) is 4.38. The Morgan fingerprint density at radius 1 is 1.52 bits per heavy atom. The number of aliphatic hydroxyl groups is 3. The number of halogens is 1. The van der Waals surface area contributed by atoms with Crippen LogP contribution in [0.4, 0.5) is 0 Å². The lowest BCUT2D eigenvalue weighted by atomic mass is 9.70.